The topological polar surface area (TPSA) is 32.8 Å². The Balaban J connectivity index is 1.96. The lowest BCUT2D eigenvalue weighted by Crippen LogP contribution is -2.37. The Hall–Kier alpha value is -1.07. The molecule has 0 radical (unpaired) electrons. The molecule has 0 spiro atoms. The first-order chi connectivity index (χ1) is 10.5. The van der Waals surface area contributed by atoms with E-state index in [9.17, 15) is 4.79 Å². The number of anilines is 1. The minimum absolute atomic E-state index is 0.0513. The Kier molecular flexibility index (Phi) is 6.26. The van der Waals surface area contributed by atoms with Gasteiger partial charge in [0, 0.05) is 30.4 Å². The van der Waals surface area contributed by atoms with Gasteiger partial charge in [0.25, 0.3) is 0 Å². The third-order valence-electron chi connectivity index (χ3n) is 3.93. The number of carbonyl (C=O) groups excluding carboxylic acids is 1. The van der Waals surface area contributed by atoms with Gasteiger partial charge in [0.15, 0.2) is 0 Å². The zero-order valence-corrected chi connectivity index (χ0v) is 14.9. The largest absolute Gasteiger partial charge is 0.497 e. The highest BCUT2D eigenvalue weighted by Gasteiger charge is 2.27. The van der Waals surface area contributed by atoms with Gasteiger partial charge < -0.3 is 4.74 Å². The van der Waals surface area contributed by atoms with Crippen LogP contribution in [0.2, 0.25) is 0 Å². The fourth-order valence-electron chi connectivity index (χ4n) is 2.55. The summed E-state index contributed by atoms with van der Waals surface area (Å²) in [6, 6.07) is 7.40. The summed E-state index contributed by atoms with van der Waals surface area (Å²) >= 11 is 7.93. The van der Waals surface area contributed by atoms with E-state index >= 15 is 0 Å². The Bertz CT molecular complexity index is 497. The van der Waals surface area contributed by atoms with Gasteiger partial charge in [0.2, 0.25) is 0 Å². The lowest BCUT2D eigenvalue weighted by atomic mass is 10.00. The highest BCUT2D eigenvalue weighted by atomic mass is 35.5. The van der Waals surface area contributed by atoms with E-state index < -0.39 is 0 Å². The molecule has 1 saturated carbocycles. The normalized spacial score (nSPS) is 21.3. The molecule has 2 rings (SSSR count). The van der Waals surface area contributed by atoms with Gasteiger partial charge in [-0.25, -0.2) is 4.79 Å². The van der Waals surface area contributed by atoms with Crippen LogP contribution in [0.4, 0.5) is 10.5 Å². The summed E-state index contributed by atoms with van der Waals surface area (Å²) in [7, 11) is 5.21. The number of halogens is 1. The number of ether oxygens (including phenoxy) is 1. The summed E-state index contributed by atoms with van der Waals surface area (Å²) < 4.78 is 6.83. The maximum atomic E-state index is 12.5. The van der Waals surface area contributed by atoms with E-state index in [-0.39, 0.29) is 11.4 Å². The Morgan fingerprint density at radius 3 is 2.45 bits per heavy atom. The van der Waals surface area contributed by atoms with Crippen molar-refractivity contribution in [3.63, 3.8) is 0 Å². The SMILES string of the molecule is COc1ccc(N(C)C(=O)N(C)SC2CCCCC2Cl)cc1. The van der Waals surface area contributed by atoms with Crippen molar-refractivity contribution in [1.29, 1.82) is 0 Å². The molecule has 0 bridgehead atoms. The predicted octanol–water partition coefficient (Wildman–Crippen LogP) is 4.38. The number of benzene rings is 1. The van der Waals surface area contributed by atoms with Crippen molar-refractivity contribution in [2.45, 2.75) is 36.3 Å². The van der Waals surface area contributed by atoms with E-state index in [2.05, 4.69) is 0 Å². The zero-order chi connectivity index (χ0) is 16.1. The van der Waals surface area contributed by atoms with Crippen molar-refractivity contribution in [3.05, 3.63) is 24.3 Å². The minimum Gasteiger partial charge on any atom is -0.497 e. The second-order valence-corrected chi connectivity index (χ2v) is 7.41. The number of nitrogens with zero attached hydrogens (tertiary/aromatic N) is 2. The third-order valence-corrected chi connectivity index (χ3v) is 5.91. The first-order valence-corrected chi connectivity index (χ1v) is 8.76. The first-order valence-electron chi connectivity index (χ1n) is 7.49. The minimum atomic E-state index is -0.0513. The molecule has 22 heavy (non-hydrogen) atoms. The highest BCUT2D eigenvalue weighted by molar-refractivity contribution is 7.98. The molecule has 2 amide bonds. The number of urea groups is 1. The van der Waals surface area contributed by atoms with Gasteiger partial charge in [-0.15, -0.1) is 11.6 Å². The van der Waals surface area contributed by atoms with Crippen molar-refractivity contribution in [1.82, 2.24) is 4.31 Å². The van der Waals surface area contributed by atoms with Crippen LogP contribution in [0.25, 0.3) is 0 Å². The van der Waals surface area contributed by atoms with E-state index in [0.29, 0.717) is 5.25 Å². The smallest absolute Gasteiger partial charge is 0.333 e. The lowest BCUT2D eigenvalue weighted by Gasteiger charge is -2.31. The van der Waals surface area contributed by atoms with Crippen LogP contribution in [0, 0.1) is 0 Å². The molecule has 0 heterocycles. The summed E-state index contributed by atoms with van der Waals surface area (Å²) in [5, 5.41) is 0.467. The molecule has 0 aromatic heterocycles. The highest BCUT2D eigenvalue weighted by Crippen LogP contribution is 2.34. The number of amides is 2. The van der Waals surface area contributed by atoms with Crippen molar-refractivity contribution in [2.75, 3.05) is 26.1 Å². The molecule has 1 fully saturated rings. The van der Waals surface area contributed by atoms with Gasteiger partial charge in [0.05, 0.1) is 7.11 Å². The summed E-state index contributed by atoms with van der Waals surface area (Å²) in [5.41, 5.74) is 0.837. The van der Waals surface area contributed by atoms with E-state index in [1.807, 2.05) is 31.3 Å². The van der Waals surface area contributed by atoms with Gasteiger partial charge in [0.1, 0.15) is 5.75 Å². The van der Waals surface area contributed by atoms with Crippen molar-refractivity contribution < 1.29 is 9.53 Å². The van der Waals surface area contributed by atoms with Gasteiger partial charge in [-0.3, -0.25) is 9.21 Å². The number of alkyl halides is 1. The average molecular weight is 343 g/mol. The van der Waals surface area contributed by atoms with Crippen LogP contribution in [0.3, 0.4) is 0 Å². The fraction of sp³-hybridized carbons (Fsp3) is 0.562. The van der Waals surface area contributed by atoms with E-state index in [1.54, 1.807) is 35.3 Å². The standard InChI is InChI=1S/C16H23ClN2O2S/c1-18(12-8-10-13(21-3)11-9-12)16(20)19(2)22-15-7-5-4-6-14(15)17/h8-11,14-15H,4-7H2,1-3H3. The Morgan fingerprint density at radius 2 is 1.86 bits per heavy atom. The summed E-state index contributed by atoms with van der Waals surface area (Å²) in [6.45, 7) is 0. The number of rotatable bonds is 4. The number of hydrogen-bond donors (Lipinski definition) is 0. The summed E-state index contributed by atoms with van der Waals surface area (Å²) in [5.74, 6) is 0.777. The molecule has 1 aromatic carbocycles. The number of carbonyl (C=O) groups is 1. The molecule has 0 saturated heterocycles. The number of hydrogen-bond acceptors (Lipinski definition) is 3. The van der Waals surface area contributed by atoms with E-state index in [1.165, 1.54) is 12.8 Å². The van der Waals surface area contributed by atoms with Crippen LogP contribution < -0.4 is 9.64 Å². The molecule has 1 aliphatic carbocycles. The van der Waals surface area contributed by atoms with E-state index in [0.717, 1.165) is 24.3 Å². The monoisotopic (exact) mass is 342 g/mol. The summed E-state index contributed by atoms with van der Waals surface area (Å²) in [4.78, 5) is 14.2. The third kappa shape index (κ3) is 4.23. The van der Waals surface area contributed by atoms with Crippen LogP contribution in [0.1, 0.15) is 25.7 Å². The molecule has 1 aliphatic rings. The van der Waals surface area contributed by atoms with Crippen molar-refractivity contribution in [2.24, 2.45) is 0 Å². The van der Waals surface area contributed by atoms with Gasteiger partial charge in [-0.1, -0.05) is 12.8 Å². The summed E-state index contributed by atoms with van der Waals surface area (Å²) in [6.07, 6.45) is 4.49. The molecule has 122 valence electrons. The van der Waals surface area contributed by atoms with Crippen LogP contribution in [-0.2, 0) is 0 Å². The zero-order valence-electron chi connectivity index (χ0n) is 13.3. The van der Waals surface area contributed by atoms with Crippen molar-refractivity contribution >= 4 is 35.3 Å². The maximum absolute atomic E-state index is 12.5. The van der Waals surface area contributed by atoms with Crippen LogP contribution in [0.15, 0.2) is 24.3 Å². The second-order valence-electron chi connectivity index (χ2n) is 5.48. The Morgan fingerprint density at radius 1 is 1.23 bits per heavy atom. The molecule has 0 aliphatic heterocycles. The first kappa shape index (κ1) is 17.3. The Labute approximate surface area is 141 Å². The van der Waals surface area contributed by atoms with E-state index in [4.69, 9.17) is 16.3 Å². The average Bonchev–Trinajstić information content (AvgIpc) is 2.55. The molecule has 1 aromatic rings. The second kappa shape index (κ2) is 7.97. The van der Waals surface area contributed by atoms with Crippen LogP contribution >= 0.6 is 23.5 Å². The molecule has 2 unspecified atom stereocenters. The fourth-order valence-corrected chi connectivity index (χ4v) is 4.12. The number of methoxy groups -OCH3 is 1. The van der Waals surface area contributed by atoms with Gasteiger partial charge >= 0.3 is 6.03 Å². The molecule has 6 heteroatoms. The van der Waals surface area contributed by atoms with Crippen molar-refractivity contribution in [3.8, 4) is 5.75 Å². The molecular formula is C16H23ClN2O2S. The van der Waals surface area contributed by atoms with Crippen LogP contribution in [-0.4, -0.2) is 42.2 Å². The molecule has 2 atom stereocenters. The van der Waals surface area contributed by atoms with Gasteiger partial charge in [-0.2, -0.15) is 0 Å². The molecular weight excluding hydrogens is 320 g/mol. The quantitative estimate of drug-likeness (QED) is 0.601. The lowest BCUT2D eigenvalue weighted by molar-refractivity contribution is 0.237. The van der Waals surface area contributed by atoms with Gasteiger partial charge in [-0.05, 0) is 49.1 Å². The molecule has 4 nitrogen and oxygen atoms in total. The predicted molar refractivity (Wildman–Crippen MR) is 94.0 cm³/mol. The van der Waals surface area contributed by atoms with Crippen LogP contribution in [0.5, 0.6) is 5.75 Å². The maximum Gasteiger partial charge on any atom is 0.333 e. The molecule has 0 N–H and O–H groups in total.